The summed E-state index contributed by atoms with van der Waals surface area (Å²) < 4.78 is 66.7. The molecular weight excluding hydrogens is 507 g/mol. The van der Waals surface area contributed by atoms with E-state index >= 15 is 0 Å². The number of piperidine rings is 1. The molecule has 14 nitrogen and oxygen atoms in total. The third kappa shape index (κ3) is 7.14. The molecule has 4 aliphatic rings. The van der Waals surface area contributed by atoms with Crippen LogP contribution in [0.15, 0.2) is 0 Å². The molecule has 2 bridgehead atoms. The number of halogens is 3. The molecule has 0 aliphatic carbocycles. The van der Waals surface area contributed by atoms with Crippen LogP contribution in [0.4, 0.5) is 18.0 Å². The highest BCUT2D eigenvalue weighted by molar-refractivity contribution is 7.80. The predicted molar refractivity (Wildman–Crippen MR) is 108 cm³/mol. The van der Waals surface area contributed by atoms with E-state index in [0.29, 0.717) is 30.6 Å². The second kappa shape index (κ2) is 10.8. The fourth-order valence-corrected chi connectivity index (χ4v) is 4.68. The maximum atomic E-state index is 12.4. The van der Waals surface area contributed by atoms with E-state index in [-0.39, 0.29) is 12.6 Å². The predicted octanol–water partition coefficient (Wildman–Crippen LogP) is -0.893. The summed E-state index contributed by atoms with van der Waals surface area (Å²) in [7, 11) is -4.81. The first-order valence-electron chi connectivity index (χ1n) is 10.7. The number of carbonyl (C=O) groups is 3. The lowest BCUT2D eigenvalue weighted by molar-refractivity contribution is -0.192. The molecule has 0 aromatic carbocycles. The Balaban J connectivity index is 0.000000429. The van der Waals surface area contributed by atoms with Gasteiger partial charge < -0.3 is 15.3 Å². The van der Waals surface area contributed by atoms with Gasteiger partial charge in [-0.25, -0.2) is 15.1 Å². The monoisotopic (exact) mass is 533 g/mol. The van der Waals surface area contributed by atoms with Crippen LogP contribution in [0.3, 0.4) is 0 Å². The van der Waals surface area contributed by atoms with Crippen LogP contribution >= 0.6 is 0 Å². The fourth-order valence-electron chi connectivity index (χ4n) is 4.29. The van der Waals surface area contributed by atoms with Crippen molar-refractivity contribution >= 4 is 28.3 Å². The van der Waals surface area contributed by atoms with Crippen molar-refractivity contribution < 1.29 is 54.8 Å². The molecule has 35 heavy (non-hydrogen) atoms. The number of rotatable bonds is 7. The van der Waals surface area contributed by atoms with Gasteiger partial charge in [-0.3, -0.25) is 19.1 Å². The van der Waals surface area contributed by atoms with E-state index in [1.54, 1.807) is 0 Å². The van der Waals surface area contributed by atoms with Gasteiger partial charge in [0.05, 0.1) is 12.6 Å². The summed E-state index contributed by atoms with van der Waals surface area (Å²) in [5, 5.41) is 11.1. The maximum absolute atomic E-state index is 12.4. The molecule has 4 rings (SSSR count). The van der Waals surface area contributed by atoms with Crippen molar-refractivity contribution in [2.75, 3.05) is 32.8 Å². The highest BCUT2D eigenvalue weighted by Gasteiger charge is 2.49. The minimum absolute atomic E-state index is 0.147. The Morgan fingerprint density at radius 1 is 1.20 bits per heavy atom. The van der Waals surface area contributed by atoms with Gasteiger partial charge in [0.1, 0.15) is 6.04 Å². The molecule has 0 spiro atoms. The van der Waals surface area contributed by atoms with E-state index in [1.807, 2.05) is 0 Å². The summed E-state index contributed by atoms with van der Waals surface area (Å²) in [5.74, 6) is -3.22. The molecule has 0 radical (unpaired) electrons. The lowest BCUT2D eigenvalue weighted by atomic mass is 10.0. The number of likely N-dealkylation sites (tertiary alicyclic amines) is 1. The van der Waals surface area contributed by atoms with Crippen LogP contribution < -0.4 is 10.8 Å². The van der Waals surface area contributed by atoms with Gasteiger partial charge in [0, 0.05) is 25.2 Å². The molecule has 4 fully saturated rings. The molecule has 4 N–H and O–H groups in total. The third-order valence-electron chi connectivity index (χ3n) is 6.11. The number of urea groups is 1. The molecule has 18 heteroatoms. The standard InChI is InChI=1S/C15H25N5O7S.C2HF3O2/c21-14(17-26-9-10-6-12(7-16-10)18-4-1-5-18)13-3-2-11-8-19(13)15(22)20(11)27-28(23,24)25;3-2(4,5)1(6)7/h10-13,16H,1-9H2,(H,17,21)(H,23,24,25);(H,6,7)/t10-,11+,12-,13-;/m0./s1. The third-order valence-corrected chi connectivity index (χ3v) is 6.45. The summed E-state index contributed by atoms with van der Waals surface area (Å²) in [6.45, 7) is 3.67. The number of hydroxylamine groups is 3. The van der Waals surface area contributed by atoms with Crippen LogP contribution in [0.5, 0.6) is 0 Å². The van der Waals surface area contributed by atoms with E-state index in [9.17, 15) is 31.2 Å². The van der Waals surface area contributed by atoms with E-state index in [0.717, 1.165) is 26.1 Å². The number of alkyl halides is 3. The van der Waals surface area contributed by atoms with Crippen molar-refractivity contribution in [2.24, 2.45) is 0 Å². The normalized spacial score (nSPS) is 28.9. The summed E-state index contributed by atoms with van der Waals surface area (Å²) in [6, 6.07) is -1.39. The summed E-state index contributed by atoms with van der Waals surface area (Å²) >= 11 is 0. The van der Waals surface area contributed by atoms with Gasteiger partial charge in [0.15, 0.2) is 0 Å². The van der Waals surface area contributed by atoms with Gasteiger partial charge in [0.25, 0.3) is 5.91 Å². The average Bonchev–Trinajstić information content (AvgIpc) is 3.24. The molecule has 0 aromatic rings. The second-order valence-electron chi connectivity index (χ2n) is 8.47. The van der Waals surface area contributed by atoms with Gasteiger partial charge in [0.2, 0.25) is 0 Å². The average molecular weight is 533 g/mol. The largest absolute Gasteiger partial charge is 0.490 e. The van der Waals surface area contributed by atoms with Crippen molar-refractivity contribution in [3.63, 3.8) is 0 Å². The van der Waals surface area contributed by atoms with Crippen LogP contribution in [-0.4, -0.2) is 114 Å². The lowest BCUT2D eigenvalue weighted by Crippen LogP contribution is -2.50. The number of carboxylic acid groups (broad SMARTS) is 1. The fraction of sp³-hybridized carbons (Fsp3) is 0.824. The van der Waals surface area contributed by atoms with Gasteiger partial charge in [-0.15, -0.1) is 4.28 Å². The molecule has 200 valence electrons. The quantitative estimate of drug-likeness (QED) is 0.236. The summed E-state index contributed by atoms with van der Waals surface area (Å²) in [5.41, 5.74) is 2.40. The van der Waals surface area contributed by atoms with Crippen molar-refractivity contribution in [1.29, 1.82) is 0 Å². The smallest absolute Gasteiger partial charge is 0.475 e. The first kappa shape index (κ1) is 27.3. The Kier molecular flexibility index (Phi) is 8.43. The molecule has 4 atom stereocenters. The van der Waals surface area contributed by atoms with Crippen LogP contribution in [0, 0.1) is 0 Å². The Hall–Kier alpha value is -2.25. The number of hydrogen-bond donors (Lipinski definition) is 4. The zero-order valence-corrected chi connectivity index (χ0v) is 19.1. The SMILES string of the molecule is O=C(NOC[C@@H]1C[C@H](N2CCC2)CN1)[C@@H]1CC[C@@H]2CN1C(=O)N2OS(=O)(=O)O.O=C(O)C(F)(F)F. The van der Waals surface area contributed by atoms with Gasteiger partial charge >= 0.3 is 28.6 Å². The van der Waals surface area contributed by atoms with Crippen LogP contribution in [0.2, 0.25) is 0 Å². The highest BCUT2D eigenvalue weighted by Crippen LogP contribution is 2.30. The molecule has 0 saturated carbocycles. The van der Waals surface area contributed by atoms with Crippen molar-refractivity contribution in [2.45, 2.75) is 56.0 Å². The maximum Gasteiger partial charge on any atom is 0.490 e. The molecule has 4 aliphatic heterocycles. The topological polar surface area (TPSA) is 178 Å². The summed E-state index contributed by atoms with van der Waals surface area (Å²) in [4.78, 5) is 42.7. The van der Waals surface area contributed by atoms with E-state index < -0.39 is 46.6 Å². The van der Waals surface area contributed by atoms with Gasteiger partial charge in [-0.1, -0.05) is 0 Å². The number of aliphatic carboxylic acids is 1. The van der Waals surface area contributed by atoms with Gasteiger partial charge in [-0.2, -0.15) is 26.7 Å². The number of fused-ring (bicyclic) bond motifs is 2. The first-order valence-corrected chi connectivity index (χ1v) is 12.1. The number of hydrogen-bond acceptors (Lipinski definition) is 9. The van der Waals surface area contributed by atoms with E-state index in [1.165, 1.54) is 11.3 Å². The molecule has 4 heterocycles. The Morgan fingerprint density at radius 3 is 2.40 bits per heavy atom. The molecule has 0 unspecified atom stereocenters. The first-order chi connectivity index (χ1) is 16.3. The zero-order valence-electron chi connectivity index (χ0n) is 18.3. The Morgan fingerprint density at radius 2 is 1.86 bits per heavy atom. The zero-order chi connectivity index (χ0) is 26.0. The number of nitrogens with one attached hydrogen (secondary N) is 2. The molecule has 0 aromatic heterocycles. The van der Waals surface area contributed by atoms with Crippen molar-refractivity contribution in [3.05, 3.63) is 0 Å². The number of amides is 3. The van der Waals surface area contributed by atoms with E-state index in [2.05, 4.69) is 20.0 Å². The van der Waals surface area contributed by atoms with Crippen LogP contribution in [0.1, 0.15) is 25.7 Å². The Labute approximate surface area is 198 Å². The minimum Gasteiger partial charge on any atom is -0.475 e. The second-order valence-corrected chi connectivity index (χ2v) is 9.48. The molecule has 3 amide bonds. The molecule has 4 saturated heterocycles. The van der Waals surface area contributed by atoms with Crippen LogP contribution in [-0.2, 0) is 29.1 Å². The van der Waals surface area contributed by atoms with Gasteiger partial charge in [-0.05, 0) is 38.8 Å². The lowest BCUT2D eigenvalue weighted by Gasteiger charge is -2.36. The summed E-state index contributed by atoms with van der Waals surface area (Å²) in [6.07, 6.45) is -2.15. The minimum atomic E-state index is -5.08. The number of nitrogens with zero attached hydrogens (tertiary/aromatic N) is 3. The number of carboxylic acids is 1. The molecular formula is C17H26F3N5O9S. The number of carbonyl (C=O) groups excluding carboxylic acids is 2. The van der Waals surface area contributed by atoms with Crippen molar-refractivity contribution in [1.82, 2.24) is 25.7 Å². The van der Waals surface area contributed by atoms with Crippen LogP contribution in [0.25, 0.3) is 0 Å². The van der Waals surface area contributed by atoms with E-state index in [4.69, 9.17) is 19.3 Å². The highest BCUT2D eigenvalue weighted by atomic mass is 32.3. The van der Waals surface area contributed by atoms with Crippen molar-refractivity contribution in [3.8, 4) is 0 Å². The Bertz CT molecular complexity index is 917.